The normalized spacial score (nSPS) is 25.1. The molecule has 0 spiro atoms. The molecule has 0 aliphatic heterocycles. The van der Waals surface area contributed by atoms with Gasteiger partial charge in [0.2, 0.25) is 15.8 Å². The molecule has 7 nitrogen and oxygen atoms in total. The molecule has 3 aromatic rings. The molecule has 1 fully saturated rings. The zero-order valence-corrected chi connectivity index (χ0v) is 29.9. The third-order valence-electron chi connectivity index (χ3n) is 10.3. The molecule has 1 saturated carbocycles. The predicted octanol–water partition coefficient (Wildman–Crippen LogP) is 7.69. The van der Waals surface area contributed by atoms with E-state index < -0.39 is 39.3 Å². The fourth-order valence-corrected chi connectivity index (χ4v) is 9.12. The highest BCUT2D eigenvalue weighted by molar-refractivity contribution is 7.88. The van der Waals surface area contributed by atoms with Crippen LogP contribution in [0.4, 0.5) is 13.2 Å². The van der Waals surface area contributed by atoms with E-state index in [0.717, 1.165) is 40.0 Å². The zero-order valence-electron chi connectivity index (χ0n) is 28.2. The van der Waals surface area contributed by atoms with E-state index in [-0.39, 0.29) is 31.2 Å². The van der Waals surface area contributed by atoms with Gasteiger partial charge in [-0.25, -0.2) is 8.42 Å². The van der Waals surface area contributed by atoms with E-state index in [9.17, 15) is 36.6 Å². The van der Waals surface area contributed by atoms with Crippen molar-refractivity contribution < 1.29 is 41.3 Å². The number of hydrogen-bond acceptors (Lipinski definition) is 7. The number of rotatable bonds is 8. The van der Waals surface area contributed by atoms with Crippen LogP contribution in [-0.2, 0) is 23.0 Å². The van der Waals surface area contributed by atoms with E-state index >= 15 is 0 Å². The Kier molecular flexibility index (Phi) is 10.9. The largest absolute Gasteiger partial charge is 0.573 e. The lowest BCUT2D eigenvalue weighted by Gasteiger charge is -2.45. The summed E-state index contributed by atoms with van der Waals surface area (Å²) in [5.41, 5.74) is 1.33. The molecule has 3 aliphatic carbocycles. The number of thiophene rings is 1. The molecule has 0 amide bonds. The van der Waals surface area contributed by atoms with E-state index in [2.05, 4.69) is 10.8 Å². The van der Waals surface area contributed by atoms with Crippen LogP contribution in [-0.4, -0.2) is 59.6 Å². The van der Waals surface area contributed by atoms with Gasteiger partial charge in [-0.1, -0.05) is 42.8 Å². The predicted molar refractivity (Wildman–Crippen MR) is 184 cm³/mol. The Morgan fingerprint density at radius 3 is 2.41 bits per heavy atom. The molecule has 49 heavy (non-hydrogen) atoms. The van der Waals surface area contributed by atoms with Gasteiger partial charge in [-0.15, -0.1) is 24.5 Å². The third-order valence-corrected chi connectivity index (χ3v) is 12.5. The van der Waals surface area contributed by atoms with Crippen LogP contribution in [0.25, 0.3) is 0 Å². The maximum absolute atomic E-state index is 14.1. The maximum Gasteiger partial charge on any atom is 0.573 e. The minimum Gasteiger partial charge on any atom is -0.406 e. The number of sulfonamides is 1. The summed E-state index contributed by atoms with van der Waals surface area (Å²) in [7, 11) is -3.89. The minimum atomic E-state index is -4.85. The lowest BCUT2D eigenvalue weighted by Crippen LogP contribution is -2.53. The Bertz CT molecular complexity index is 1800. The summed E-state index contributed by atoms with van der Waals surface area (Å²) in [4.78, 5) is 15.7. The van der Waals surface area contributed by atoms with Crippen molar-refractivity contribution in [2.45, 2.75) is 96.2 Å². The van der Waals surface area contributed by atoms with Crippen LogP contribution in [0, 0.1) is 12.3 Å². The Balaban J connectivity index is 1.54. The summed E-state index contributed by atoms with van der Waals surface area (Å²) >= 11 is 1.41. The number of benzene rings is 2. The fourth-order valence-electron chi connectivity index (χ4n) is 7.47. The van der Waals surface area contributed by atoms with Crippen molar-refractivity contribution in [3.05, 3.63) is 98.3 Å². The zero-order chi connectivity index (χ0) is 35.8. The van der Waals surface area contributed by atoms with Gasteiger partial charge in [-0.3, -0.25) is 4.79 Å². The van der Waals surface area contributed by atoms with Crippen LogP contribution in [0.2, 0.25) is 0 Å². The summed E-state index contributed by atoms with van der Waals surface area (Å²) in [6.45, 7) is 5.54. The van der Waals surface area contributed by atoms with Crippen molar-refractivity contribution in [1.29, 1.82) is 0 Å². The molecule has 4 unspecified atom stereocenters. The first-order chi connectivity index (χ1) is 22.9. The number of aryl methyl sites for hydroxylation is 1. The SMILES string of the molecule is CC1=CCCC2(C)C(CCC2(O)CN(Cc2ccc(OC(F)(F)F)cc2)S(C)(=O)=O)c2ccc(cc2C(=O)c2ccc(C)s2)CC(O)CC1. The van der Waals surface area contributed by atoms with Crippen molar-refractivity contribution in [1.82, 2.24) is 4.31 Å². The third kappa shape index (κ3) is 8.65. The number of fused-ring (bicyclic) bond motifs is 8. The van der Waals surface area contributed by atoms with Crippen molar-refractivity contribution in [3.63, 3.8) is 0 Å². The number of ketones is 1. The Hall–Kier alpha value is -3.03. The summed E-state index contributed by atoms with van der Waals surface area (Å²) in [5, 5.41) is 23.5. The lowest BCUT2D eigenvalue weighted by atomic mass is 9.65. The summed E-state index contributed by atoms with van der Waals surface area (Å²) < 4.78 is 69.6. The van der Waals surface area contributed by atoms with Crippen LogP contribution >= 0.6 is 11.3 Å². The van der Waals surface area contributed by atoms with Gasteiger partial charge in [0.15, 0.2) is 0 Å². The molecule has 3 aliphatic rings. The second-order valence-corrected chi connectivity index (χ2v) is 17.2. The quantitative estimate of drug-likeness (QED) is 0.183. The number of allylic oxidation sites excluding steroid dienone is 2. The average molecular weight is 720 g/mol. The van der Waals surface area contributed by atoms with Gasteiger partial charge in [-0.05, 0) is 112 Å². The second-order valence-electron chi connectivity index (χ2n) is 13.9. The number of aliphatic hydroxyl groups is 2. The van der Waals surface area contributed by atoms with Gasteiger partial charge in [0.1, 0.15) is 5.75 Å². The van der Waals surface area contributed by atoms with Crippen molar-refractivity contribution in [2.24, 2.45) is 5.41 Å². The van der Waals surface area contributed by atoms with Crippen molar-refractivity contribution in [3.8, 4) is 5.75 Å². The summed E-state index contributed by atoms with van der Waals surface area (Å²) in [6, 6.07) is 14.5. The van der Waals surface area contributed by atoms with E-state index in [1.54, 1.807) is 0 Å². The Morgan fingerprint density at radius 1 is 1.06 bits per heavy atom. The number of hydrogen-bond donors (Lipinski definition) is 2. The topological polar surface area (TPSA) is 104 Å². The van der Waals surface area contributed by atoms with E-state index in [1.165, 1.54) is 27.8 Å². The molecular formula is C37H44F3NO6S2. The van der Waals surface area contributed by atoms with Gasteiger partial charge in [0.05, 0.1) is 22.8 Å². The highest BCUT2D eigenvalue weighted by Crippen LogP contribution is 2.59. The van der Waals surface area contributed by atoms with Crippen LogP contribution in [0.1, 0.15) is 95.1 Å². The lowest BCUT2D eigenvalue weighted by molar-refractivity contribution is -0.274. The molecule has 1 heterocycles. The smallest absolute Gasteiger partial charge is 0.406 e. The highest BCUT2D eigenvalue weighted by Gasteiger charge is 2.58. The molecule has 1 aromatic heterocycles. The number of carbonyl (C=O) groups is 1. The number of aliphatic hydroxyl groups excluding tert-OH is 1. The minimum absolute atomic E-state index is 0.124. The monoisotopic (exact) mass is 719 g/mol. The number of nitrogens with zero attached hydrogens (tertiary/aromatic N) is 1. The van der Waals surface area contributed by atoms with Crippen LogP contribution < -0.4 is 4.74 Å². The fraction of sp³-hybridized carbons (Fsp3) is 0.486. The summed E-state index contributed by atoms with van der Waals surface area (Å²) in [6.07, 6.45) is 1.27. The number of carbonyl (C=O) groups excluding carboxylic acids is 1. The molecule has 6 rings (SSSR count). The van der Waals surface area contributed by atoms with Crippen LogP contribution in [0.15, 0.2) is 66.2 Å². The first-order valence-electron chi connectivity index (χ1n) is 16.5. The van der Waals surface area contributed by atoms with Gasteiger partial charge in [-0.2, -0.15) is 4.31 Å². The molecular weight excluding hydrogens is 676 g/mol. The molecule has 2 N–H and O–H groups in total. The Labute approximate surface area is 290 Å². The van der Waals surface area contributed by atoms with E-state index in [4.69, 9.17) is 0 Å². The maximum atomic E-state index is 14.1. The van der Waals surface area contributed by atoms with Crippen molar-refractivity contribution >= 4 is 27.1 Å². The highest BCUT2D eigenvalue weighted by atomic mass is 32.2. The molecule has 4 atom stereocenters. The Morgan fingerprint density at radius 2 is 1.78 bits per heavy atom. The van der Waals surface area contributed by atoms with E-state index in [0.29, 0.717) is 54.5 Å². The van der Waals surface area contributed by atoms with E-state index in [1.807, 2.05) is 51.1 Å². The first kappa shape index (κ1) is 37.2. The number of alkyl halides is 3. The summed E-state index contributed by atoms with van der Waals surface area (Å²) in [5.74, 6) is -0.840. The number of ether oxygens (including phenoxy) is 1. The van der Waals surface area contributed by atoms with Crippen LogP contribution in [0.3, 0.4) is 0 Å². The molecule has 0 radical (unpaired) electrons. The molecule has 12 heteroatoms. The van der Waals surface area contributed by atoms with Gasteiger partial charge in [0, 0.05) is 28.9 Å². The van der Waals surface area contributed by atoms with Gasteiger partial charge in [0.25, 0.3) is 0 Å². The second kappa shape index (κ2) is 14.3. The molecule has 266 valence electrons. The van der Waals surface area contributed by atoms with Gasteiger partial charge >= 0.3 is 6.36 Å². The number of halogens is 3. The van der Waals surface area contributed by atoms with Crippen molar-refractivity contribution in [2.75, 3.05) is 12.8 Å². The standard InChI is InChI=1S/C37H44F3NO6S2/c1-24-6-5-18-35(3)32(30-15-11-27(20-28(42)12-7-24)21-31(30)34(43)33-16-8-25(2)48-33)17-19-36(35,44)23-41(49(4,45)46)22-26-9-13-29(14-10-26)47-37(38,39)40/h6,8-11,13-16,21,28,32,42,44H,5,7,12,17-20,22-23H2,1-4H3. The van der Waals surface area contributed by atoms with Crippen LogP contribution in [0.5, 0.6) is 5.75 Å². The molecule has 0 saturated heterocycles. The van der Waals surface area contributed by atoms with Gasteiger partial charge < -0.3 is 14.9 Å². The molecule has 2 aromatic carbocycles. The first-order valence-corrected chi connectivity index (χ1v) is 19.1. The molecule has 2 bridgehead atoms. The average Bonchev–Trinajstić information content (AvgIpc) is 3.55.